The van der Waals surface area contributed by atoms with Gasteiger partial charge in [0.15, 0.2) is 0 Å². The number of rotatable bonds is 6. The van der Waals surface area contributed by atoms with Crippen molar-refractivity contribution < 1.29 is 14.7 Å². The van der Waals surface area contributed by atoms with Crippen molar-refractivity contribution in [2.45, 2.75) is 71.3 Å². The summed E-state index contributed by atoms with van der Waals surface area (Å²) in [5.74, 6) is 0.0890. The summed E-state index contributed by atoms with van der Waals surface area (Å²) in [4.78, 5) is 25.7. The first kappa shape index (κ1) is 24.5. The lowest BCUT2D eigenvalue weighted by atomic mass is 9.87. The molecule has 1 unspecified atom stereocenters. The molecule has 0 radical (unpaired) electrons. The number of phenols is 1. The molecule has 0 saturated heterocycles. The minimum atomic E-state index is -0.268. The number of aromatic nitrogens is 2. The van der Waals surface area contributed by atoms with E-state index in [1.165, 1.54) is 10.7 Å². The van der Waals surface area contributed by atoms with E-state index in [1.54, 1.807) is 12.1 Å². The lowest BCUT2D eigenvalue weighted by Crippen LogP contribution is -2.36. The van der Waals surface area contributed by atoms with Crippen LogP contribution in [0.2, 0.25) is 0 Å². The molecule has 1 aromatic heterocycles. The Hall–Kier alpha value is -3.61. The van der Waals surface area contributed by atoms with Crippen molar-refractivity contribution in [1.29, 1.82) is 0 Å². The quantitative estimate of drug-likeness (QED) is 0.380. The van der Waals surface area contributed by atoms with Gasteiger partial charge in [-0.05, 0) is 73.6 Å². The number of anilines is 1. The molecule has 1 saturated carbocycles. The zero-order chi connectivity index (χ0) is 25.3. The van der Waals surface area contributed by atoms with Crippen molar-refractivity contribution in [1.82, 2.24) is 15.1 Å². The standard InChI is InChI=1S/C28H34N4O3/c1-6-17(2)29-27(35)32-24(18-7-8-18)16-23(31-32)22-15-21(13-14-25(22)33)30-26(34)19-9-11-20(12-10-19)28(3,4)5/h9-18,33H,6-8H2,1-5H3,(H,29,35)(H,30,34). The second-order valence-corrected chi connectivity index (χ2v) is 10.4. The van der Waals surface area contributed by atoms with Gasteiger partial charge in [-0.25, -0.2) is 4.79 Å². The van der Waals surface area contributed by atoms with E-state index in [1.807, 2.05) is 44.2 Å². The van der Waals surface area contributed by atoms with E-state index < -0.39 is 0 Å². The number of carbonyl (C=O) groups is 2. The summed E-state index contributed by atoms with van der Waals surface area (Å²) in [6, 6.07) is 14.1. The molecular weight excluding hydrogens is 440 g/mol. The van der Waals surface area contributed by atoms with Crippen molar-refractivity contribution in [3.8, 4) is 17.0 Å². The smallest absolute Gasteiger partial charge is 0.342 e. The highest BCUT2D eigenvalue weighted by molar-refractivity contribution is 6.04. The van der Waals surface area contributed by atoms with Gasteiger partial charge >= 0.3 is 6.03 Å². The Labute approximate surface area is 206 Å². The summed E-state index contributed by atoms with van der Waals surface area (Å²) in [6.07, 6.45) is 2.84. The Morgan fingerprint density at radius 1 is 1.11 bits per heavy atom. The van der Waals surface area contributed by atoms with Gasteiger partial charge in [-0.15, -0.1) is 0 Å². The molecule has 1 aliphatic carbocycles. The molecule has 0 aliphatic heterocycles. The van der Waals surface area contributed by atoms with E-state index in [0.717, 1.165) is 30.5 Å². The van der Waals surface area contributed by atoms with Crippen molar-refractivity contribution in [3.05, 3.63) is 65.4 Å². The monoisotopic (exact) mass is 474 g/mol. The van der Waals surface area contributed by atoms with Crippen molar-refractivity contribution in [2.24, 2.45) is 0 Å². The molecule has 1 fully saturated rings. The third-order valence-corrected chi connectivity index (χ3v) is 6.45. The van der Waals surface area contributed by atoms with E-state index in [9.17, 15) is 14.7 Å². The number of hydrogen-bond donors (Lipinski definition) is 3. The Bertz CT molecular complexity index is 1230. The second kappa shape index (κ2) is 9.56. The number of nitrogens with zero attached hydrogens (tertiary/aromatic N) is 2. The number of nitrogens with one attached hydrogen (secondary N) is 2. The largest absolute Gasteiger partial charge is 0.507 e. The molecule has 1 heterocycles. The normalized spacial score (nSPS) is 14.4. The molecule has 1 atom stereocenters. The van der Waals surface area contributed by atoms with Crippen LogP contribution in [0.3, 0.4) is 0 Å². The molecule has 0 bridgehead atoms. The number of benzene rings is 2. The first-order chi connectivity index (χ1) is 16.6. The van der Waals surface area contributed by atoms with Crippen LogP contribution in [0.1, 0.15) is 81.4 Å². The highest BCUT2D eigenvalue weighted by atomic mass is 16.3. The van der Waals surface area contributed by atoms with E-state index in [2.05, 4.69) is 36.5 Å². The molecule has 2 aromatic carbocycles. The first-order valence-electron chi connectivity index (χ1n) is 12.2. The molecule has 3 N–H and O–H groups in total. The van der Waals surface area contributed by atoms with Crippen LogP contribution in [0, 0.1) is 0 Å². The first-order valence-corrected chi connectivity index (χ1v) is 12.2. The Morgan fingerprint density at radius 2 is 1.80 bits per heavy atom. The maximum Gasteiger partial charge on any atom is 0.342 e. The Balaban J connectivity index is 1.58. The van der Waals surface area contributed by atoms with Crippen LogP contribution in [0.25, 0.3) is 11.3 Å². The topological polar surface area (TPSA) is 96.3 Å². The lowest BCUT2D eigenvalue weighted by molar-refractivity contribution is 0.102. The molecular formula is C28H34N4O3. The molecule has 184 valence electrons. The predicted octanol–water partition coefficient (Wildman–Crippen LogP) is 6.04. The second-order valence-electron chi connectivity index (χ2n) is 10.4. The average Bonchev–Trinajstić information content (AvgIpc) is 3.57. The number of amides is 2. The highest BCUT2D eigenvalue weighted by Crippen LogP contribution is 2.42. The zero-order valence-electron chi connectivity index (χ0n) is 21.1. The molecule has 3 aromatic rings. The summed E-state index contributed by atoms with van der Waals surface area (Å²) < 4.78 is 1.42. The third kappa shape index (κ3) is 5.56. The number of carbonyl (C=O) groups excluding carboxylic acids is 2. The maximum atomic E-state index is 12.8. The fraction of sp³-hybridized carbons (Fsp3) is 0.393. The molecule has 4 rings (SSSR count). The summed E-state index contributed by atoms with van der Waals surface area (Å²) in [6.45, 7) is 10.4. The van der Waals surface area contributed by atoms with Crippen molar-refractivity contribution in [3.63, 3.8) is 0 Å². The Kier molecular flexibility index (Phi) is 6.70. The van der Waals surface area contributed by atoms with E-state index in [-0.39, 0.29) is 29.1 Å². The summed E-state index contributed by atoms with van der Waals surface area (Å²) in [7, 11) is 0. The van der Waals surface area contributed by atoms with E-state index in [0.29, 0.717) is 28.4 Å². The van der Waals surface area contributed by atoms with Crippen molar-refractivity contribution >= 4 is 17.6 Å². The van der Waals surface area contributed by atoms with Gasteiger partial charge in [-0.3, -0.25) is 4.79 Å². The third-order valence-electron chi connectivity index (χ3n) is 6.45. The van der Waals surface area contributed by atoms with Crippen LogP contribution in [-0.2, 0) is 5.41 Å². The minimum Gasteiger partial charge on any atom is -0.507 e. The Morgan fingerprint density at radius 3 is 2.40 bits per heavy atom. The predicted molar refractivity (Wildman–Crippen MR) is 138 cm³/mol. The molecule has 2 amide bonds. The minimum absolute atomic E-state index is 0.00900. The van der Waals surface area contributed by atoms with Crippen LogP contribution in [0.4, 0.5) is 10.5 Å². The highest BCUT2D eigenvalue weighted by Gasteiger charge is 2.31. The van der Waals surface area contributed by atoms with Gasteiger partial charge in [0.05, 0.1) is 11.4 Å². The molecule has 0 spiro atoms. The molecule has 35 heavy (non-hydrogen) atoms. The fourth-order valence-corrected chi connectivity index (χ4v) is 3.88. The summed E-state index contributed by atoms with van der Waals surface area (Å²) >= 11 is 0. The van der Waals surface area contributed by atoms with Crippen LogP contribution in [-0.4, -0.2) is 32.9 Å². The maximum absolute atomic E-state index is 12.8. The summed E-state index contributed by atoms with van der Waals surface area (Å²) in [5.41, 5.74) is 4.05. The zero-order valence-corrected chi connectivity index (χ0v) is 21.1. The number of aromatic hydroxyl groups is 1. The average molecular weight is 475 g/mol. The van der Waals surface area contributed by atoms with E-state index in [4.69, 9.17) is 0 Å². The van der Waals surface area contributed by atoms with Crippen LogP contribution >= 0.6 is 0 Å². The number of hydrogen-bond acceptors (Lipinski definition) is 4. The van der Waals surface area contributed by atoms with Gasteiger partial charge in [-0.1, -0.05) is 39.8 Å². The summed E-state index contributed by atoms with van der Waals surface area (Å²) in [5, 5.41) is 21.0. The molecule has 7 nitrogen and oxygen atoms in total. The molecule has 7 heteroatoms. The molecule has 1 aliphatic rings. The van der Waals surface area contributed by atoms with Gasteiger partial charge in [0.1, 0.15) is 5.75 Å². The van der Waals surface area contributed by atoms with Gasteiger partial charge in [0.2, 0.25) is 0 Å². The van der Waals surface area contributed by atoms with Crippen LogP contribution in [0.15, 0.2) is 48.5 Å². The SMILES string of the molecule is CCC(C)NC(=O)n1nc(-c2cc(NC(=O)c3ccc(C(C)(C)C)cc3)ccc2O)cc1C1CC1. The fourth-order valence-electron chi connectivity index (χ4n) is 3.88. The van der Waals surface area contributed by atoms with Gasteiger partial charge in [-0.2, -0.15) is 9.78 Å². The van der Waals surface area contributed by atoms with Crippen LogP contribution < -0.4 is 10.6 Å². The lowest BCUT2D eigenvalue weighted by Gasteiger charge is -2.19. The van der Waals surface area contributed by atoms with Crippen molar-refractivity contribution in [2.75, 3.05) is 5.32 Å². The van der Waals surface area contributed by atoms with Gasteiger partial charge < -0.3 is 15.7 Å². The number of phenolic OH excluding ortho intramolecular Hbond substituents is 1. The van der Waals surface area contributed by atoms with Crippen LogP contribution in [0.5, 0.6) is 5.75 Å². The van der Waals surface area contributed by atoms with Gasteiger partial charge in [0, 0.05) is 28.8 Å². The van der Waals surface area contributed by atoms with E-state index >= 15 is 0 Å². The van der Waals surface area contributed by atoms with Gasteiger partial charge in [0.25, 0.3) is 5.91 Å².